The first-order chi connectivity index (χ1) is 11.6. The SMILES string of the molecule is Cc1cccc(C)c1OCC(=O)N/N=C/c1ccc2cc[nH]c2c1. The van der Waals surface area contributed by atoms with Gasteiger partial charge in [-0.2, -0.15) is 5.10 Å². The minimum Gasteiger partial charge on any atom is -0.483 e. The summed E-state index contributed by atoms with van der Waals surface area (Å²) in [5.41, 5.74) is 6.42. The van der Waals surface area contributed by atoms with Gasteiger partial charge in [0.05, 0.1) is 6.21 Å². The van der Waals surface area contributed by atoms with Crippen LogP contribution in [0.5, 0.6) is 5.75 Å². The zero-order valence-electron chi connectivity index (χ0n) is 13.7. The van der Waals surface area contributed by atoms with Crippen LogP contribution in [-0.4, -0.2) is 23.7 Å². The second-order valence-electron chi connectivity index (χ2n) is 5.63. The van der Waals surface area contributed by atoms with E-state index in [1.54, 1.807) is 6.21 Å². The molecule has 3 aromatic rings. The zero-order valence-corrected chi connectivity index (χ0v) is 13.7. The average Bonchev–Trinajstić information content (AvgIpc) is 3.02. The van der Waals surface area contributed by atoms with Gasteiger partial charge < -0.3 is 9.72 Å². The standard InChI is InChI=1S/C19H19N3O2/c1-13-4-3-5-14(2)19(13)24-12-18(23)22-21-11-15-6-7-16-8-9-20-17(16)10-15/h3-11,20H,12H2,1-2H3,(H,22,23)/b21-11+. The van der Waals surface area contributed by atoms with Crippen LogP contribution in [0.4, 0.5) is 0 Å². The molecule has 0 atom stereocenters. The van der Waals surface area contributed by atoms with Crippen molar-refractivity contribution in [3.05, 3.63) is 65.4 Å². The number of hydrazone groups is 1. The Balaban J connectivity index is 1.55. The number of ether oxygens (including phenoxy) is 1. The van der Waals surface area contributed by atoms with Crippen molar-refractivity contribution < 1.29 is 9.53 Å². The van der Waals surface area contributed by atoms with Gasteiger partial charge in [-0.25, -0.2) is 5.43 Å². The molecule has 5 heteroatoms. The Hall–Kier alpha value is -3.08. The van der Waals surface area contributed by atoms with Crippen LogP contribution in [0.15, 0.2) is 53.8 Å². The van der Waals surface area contributed by atoms with Crippen LogP contribution in [0.25, 0.3) is 10.9 Å². The fourth-order valence-electron chi connectivity index (χ4n) is 2.52. The highest BCUT2D eigenvalue weighted by molar-refractivity contribution is 5.89. The molecule has 0 bridgehead atoms. The maximum atomic E-state index is 11.8. The molecule has 1 amide bonds. The summed E-state index contributed by atoms with van der Waals surface area (Å²) in [6.07, 6.45) is 3.50. The molecule has 0 saturated carbocycles. The van der Waals surface area contributed by atoms with E-state index in [9.17, 15) is 4.79 Å². The molecule has 0 aliphatic heterocycles. The van der Waals surface area contributed by atoms with Crippen molar-refractivity contribution in [2.75, 3.05) is 6.61 Å². The van der Waals surface area contributed by atoms with Gasteiger partial charge in [-0.1, -0.05) is 30.3 Å². The molecule has 24 heavy (non-hydrogen) atoms. The number of nitrogens with zero attached hydrogens (tertiary/aromatic N) is 1. The number of amides is 1. The third-order valence-electron chi connectivity index (χ3n) is 3.74. The van der Waals surface area contributed by atoms with Crippen molar-refractivity contribution in [3.8, 4) is 5.75 Å². The average molecular weight is 321 g/mol. The Morgan fingerprint density at radius 3 is 2.79 bits per heavy atom. The van der Waals surface area contributed by atoms with Crippen molar-refractivity contribution in [2.24, 2.45) is 5.10 Å². The summed E-state index contributed by atoms with van der Waals surface area (Å²) in [6.45, 7) is 3.84. The minimum absolute atomic E-state index is 0.0707. The molecular weight excluding hydrogens is 302 g/mol. The fourth-order valence-corrected chi connectivity index (χ4v) is 2.52. The second kappa shape index (κ2) is 7.00. The molecule has 0 unspecified atom stereocenters. The van der Waals surface area contributed by atoms with Crippen LogP contribution < -0.4 is 10.2 Å². The van der Waals surface area contributed by atoms with Gasteiger partial charge in [-0.3, -0.25) is 4.79 Å². The van der Waals surface area contributed by atoms with E-state index < -0.39 is 0 Å². The predicted octanol–water partition coefficient (Wildman–Crippen LogP) is 3.31. The lowest BCUT2D eigenvalue weighted by atomic mass is 10.1. The normalized spacial score (nSPS) is 11.1. The van der Waals surface area contributed by atoms with Gasteiger partial charge in [0.1, 0.15) is 5.75 Å². The number of aryl methyl sites for hydroxylation is 2. The van der Waals surface area contributed by atoms with Gasteiger partial charge in [-0.15, -0.1) is 0 Å². The van der Waals surface area contributed by atoms with Gasteiger partial charge in [-0.05, 0) is 48.1 Å². The van der Waals surface area contributed by atoms with Gasteiger partial charge in [0.25, 0.3) is 5.91 Å². The lowest BCUT2D eigenvalue weighted by Gasteiger charge is -2.10. The van der Waals surface area contributed by atoms with E-state index in [2.05, 4.69) is 15.5 Å². The molecule has 0 saturated heterocycles. The fraction of sp³-hybridized carbons (Fsp3) is 0.158. The number of aromatic nitrogens is 1. The Kier molecular flexibility index (Phi) is 4.61. The molecule has 5 nitrogen and oxygen atoms in total. The molecule has 122 valence electrons. The molecule has 3 rings (SSSR count). The number of fused-ring (bicyclic) bond motifs is 1. The van der Waals surface area contributed by atoms with E-state index in [1.807, 2.05) is 62.5 Å². The number of rotatable bonds is 5. The van der Waals surface area contributed by atoms with Gasteiger partial charge in [0.2, 0.25) is 0 Å². The molecule has 0 spiro atoms. The predicted molar refractivity (Wildman–Crippen MR) is 95.4 cm³/mol. The topological polar surface area (TPSA) is 66.5 Å². The van der Waals surface area contributed by atoms with E-state index in [1.165, 1.54) is 0 Å². The largest absolute Gasteiger partial charge is 0.483 e. The number of hydrogen-bond acceptors (Lipinski definition) is 3. The molecule has 2 aromatic carbocycles. The lowest BCUT2D eigenvalue weighted by molar-refractivity contribution is -0.123. The highest BCUT2D eigenvalue weighted by Crippen LogP contribution is 2.22. The zero-order chi connectivity index (χ0) is 16.9. The van der Waals surface area contributed by atoms with Crippen LogP contribution in [0.3, 0.4) is 0 Å². The molecule has 0 aliphatic carbocycles. The van der Waals surface area contributed by atoms with E-state index in [0.717, 1.165) is 33.3 Å². The number of aromatic amines is 1. The molecule has 0 aliphatic rings. The summed E-state index contributed by atoms with van der Waals surface area (Å²) >= 11 is 0. The van der Waals surface area contributed by atoms with Crippen molar-refractivity contribution in [1.29, 1.82) is 0 Å². The summed E-state index contributed by atoms with van der Waals surface area (Å²) in [7, 11) is 0. The van der Waals surface area contributed by atoms with Crippen LogP contribution in [0.1, 0.15) is 16.7 Å². The first-order valence-corrected chi connectivity index (χ1v) is 7.71. The number of benzene rings is 2. The summed E-state index contributed by atoms with van der Waals surface area (Å²) in [5.74, 6) is 0.448. The monoisotopic (exact) mass is 321 g/mol. The molecule has 0 fully saturated rings. The van der Waals surface area contributed by atoms with E-state index in [0.29, 0.717) is 0 Å². The van der Waals surface area contributed by atoms with E-state index >= 15 is 0 Å². The Morgan fingerprint density at radius 2 is 2.00 bits per heavy atom. The maximum absolute atomic E-state index is 11.8. The highest BCUT2D eigenvalue weighted by atomic mass is 16.5. The third-order valence-corrected chi connectivity index (χ3v) is 3.74. The first-order valence-electron chi connectivity index (χ1n) is 7.71. The van der Waals surface area contributed by atoms with Crippen molar-refractivity contribution in [2.45, 2.75) is 13.8 Å². The first kappa shape index (κ1) is 15.8. The Bertz CT molecular complexity index is 876. The van der Waals surface area contributed by atoms with Crippen molar-refractivity contribution in [3.63, 3.8) is 0 Å². The van der Waals surface area contributed by atoms with Gasteiger partial charge in [0.15, 0.2) is 6.61 Å². The second-order valence-corrected chi connectivity index (χ2v) is 5.63. The van der Waals surface area contributed by atoms with Crippen LogP contribution in [0, 0.1) is 13.8 Å². The summed E-state index contributed by atoms with van der Waals surface area (Å²) in [4.78, 5) is 15.0. The molecule has 1 aromatic heterocycles. The van der Waals surface area contributed by atoms with Crippen LogP contribution >= 0.6 is 0 Å². The van der Waals surface area contributed by atoms with Gasteiger partial charge >= 0.3 is 0 Å². The molecule has 2 N–H and O–H groups in total. The van der Waals surface area contributed by atoms with Crippen LogP contribution in [0.2, 0.25) is 0 Å². The molecule has 1 heterocycles. The maximum Gasteiger partial charge on any atom is 0.277 e. The number of H-pyrrole nitrogens is 1. The van der Waals surface area contributed by atoms with Crippen molar-refractivity contribution >= 4 is 23.0 Å². The Morgan fingerprint density at radius 1 is 1.21 bits per heavy atom. The number of carbonyl (C=O) groups excluding carboxylic acids is 1. The van der Waals surface area contributed by atoms with E-state index in [4.69, 9.17) is 4.74 Å². The van der Waals surface area contributed by atoms with Crippen molar-refractivity contribution in [1.82, 2.24) is 10.4 Å². The van der Waals surface area contributed by atoms with E-state index in [-0.39, 0.29) is 12.5 Å². The minimum atomic E-state index is -0.296. The number of para-hydroxylation sites is 1. The smallest absolute Gasteiger partial charge is 0.277 e. The molecular formula is C19H19N3O2. The van der Waals surface area contributed by atoms with Crippen LogP contribution in [-0.2, 0) is 4.79 Å². The Labute approximate surface area is 140 Å². The molecule has 0 radical (unpaired) electrons. The number of hydrogen-bond donors (Lipinski definition) is 2. The highest BCUT2D eigenvalue weighted by Gasteiger charge is 2.06. The quantitative estimate of drug-likeness (QED) is 0.559. The lowest BCUT2D eigenvalue weighted by Crippen LogP contribution is -2.25. The third kappa shape index (κ3) is 3.63. The van der Waals surface area contributed by atoms with Gasteiger partial charge in [0, 0.05) is 11.7 Å². The number of nitrogens with one attached hydrogen (secondary N) is 2. The number of carbonyl (C=O) groups is 1. The summed E-state index contributed by atoms with van der Waals surface area (Å²) in [6, 6.07) is 13.8. The summed E-state index contributed by atoms with van der Waals surface area (Å²) < 4.78 is 5.59. The summed E-state index contributed by atoms with van der Waals surface area (Å²) in [5, 5.41) is 5.11.